The SMILES string of the molecule is Cc1ccc(N)cc1-c1cc(N2CCOCC2)nc(N2CCN(C)CC2)c1. The molecular weight excluding hydrogens is 338 g/mol. The number of likely N-dealkylation sites (N-methyl/N-ethyl adjacent to an activating group) is 1. The molecule has 0 saturated carbocycles. The molecule has 144 valence electrons. The number of rotatable bonds is 3. The summed E-state index contributed by atoms with van der Waals surface area (Å²) in [6, 6.07) is 10.5. The van der Waals surface area contributed by atoms with Crippen molar-refractivity contribution in [1.29, 1.82) is 0 Å². The van der Waals surface area contributed by atoms with Gasteiger partial charge in [-0.25, -0.2) is 4.98 Å². The molecule has 0 radical (unpaired) electrons. The van der Waals surface area contributed by atoms with Crippen LogP contribution in [-0.4, -0.2) is 69.4 Å². The Morgan fingerprint density at radius 1 is 0.889 bits per heavy atom. The van der Waals surface area contributed by atoms with Crippen LogP contribution in [0, 0.1) is 6.92 Å². The van der Waals surface area contributed by atoms with Crippen molar-refractivity contribution in [2.75, 3.05) is 75.1 Å². The summed E-state index contributed by atoms with van der Waals surface area (Å²) < 4.78 is 5.53. The monoisotopic (exact) mass is 367 g/mol. The molecule has 1 aromatic carbocycles. The van der Waals surface area contributed by atoms with Gasteiger partial charge in [0.1, 0.15) is 11.6 Å². The van der Waals surface area contributed by atoms with Crippen molar-refractivity contribution in [3.05, 3.63) is 35.9 Å². The van der Waals surface area contributed by atoms with Crippen LogP contribution in [0.4, 0.5) is 17.3 Å². The molecule has 0 bridgehead atoms. The van der Waals surface area contributed by atoms with E-state index >= 15 is 0 Å². The quantitative estimate of drug-likeness (QED) is 0.840. The first-order valence-electron chi connectivity index (χ1n) is 9.75. The van der Waals surface area contributed by atoms with E-state index in [1.54, 1.807) is 0 Å². The first-order chi connectivity index (χ1) is 13.1. The number of benzene rings is 1. The van der Waals surface area contributed by atoms with Gasteiger partial charge in [0.15, 0.2) is 0 Å². The number of nitrogen functional groups attached to an aromatic ring is 1. The molecule has 4 rings (SSSR count). The highest BCUT2D eigenvalue weighted by molar-refractivity contribution is 5.75. The van der Waals surface area contributed by atoms with E-state index in [0.29, 0.717) is 0 Å². The van der Waals surface area contributed by atoms with Gasteiger partial charge < -0.3 is 25.2 Å². The molecule has 2 aliphatic rings. The number of aromatic nitrogens is 1. The largest absolute Gasteiger partial charge is 0.399 e. The van der Waals surface area contributed by atoms with Gasteiger partial charge >= 0.3 is 0 Å². The number of morpholine rings is 1. The normalized spacial score (nSPS) is 18.7. The van der Waals surface area contributed by atoms with Crippen LogP contribution < -0.4 is 15.5 Å². The molecule has 0 atom stereocenters. The lowest BCUT2D eigenvalue weighted by Gasteiger charge is -2.35. The van der Waals surface area contributed by atoms with Crippen LogP contribution in [0.3, 0.4) is 0 Å². The van der Waals surface area contributed by atoms with Gasteiger partial charge in [-0.15, -0.1) is 0 Å². The first-order valence-corrected chi connectivity index (χ1v) is 9.75. The number of ether oxygens (including phenoxy) is 1. The van der Waals surface area contributed by atoms with Crippen LogP contribution in [0.1, 0.15) is 5.56 Å². The minimum atomic E-state index is 0.757. The van der Waals surface area contributed by atoms with Crippen molar-refractivity contribution in [3.8, 4) is 11.1 Å². The molecule has 2 fully saturated rings. The summed E-state index contributed by atoms with van der Waals surface area (Å²) in [5.41, 5.74) is 10.5. The maximum atomic E-state index is 6.08. The average Bonchev–Trinajstić information content (AvgIpc) is 2.70. The van der Waals surface area contributed by atoms with Crippen molar-refractivity contribution >= 4 is 17.3 Å². The van der Waals surface area contributed by atoms with Crippen LogP contribution in [0.15, 0.2) is 30.3 Å². The maximum absolute atomic E-state index is 6.08. The van der Waals surface area contributed by atoms with Gasteiger partial charge in [0.25, 0.3) is 0 Å². The zero-order valence-electron chi connectivity index (χ0n) is 16.3. The third-order valence-corrected chi connectivity index (χ3v) is 5.53. The molecule has 2 saturated heterocycles. The van der Waals surface area contributed by atoms with E-state index < -0.39 is 0 Å². The number of hydrogen-bond donors (Lipinski definition) is 1. The zero-order valence-corrected chi connectivity index (χ0v) is 16.3. The number of pyridine rings is 1. The topological polar surface area (TPSA) is 57.9 Å². The first kappa shape index (κ1) is 18.1. The zero-order chi connectivity index (χ0) is 18.8. The lowest BCUT2D eigenvalue weighted by Crippen LogP contribution is -2.45. The van der Waals surface area contributed by atoms with Gasteiger partial charge in [0.2, 0.25) is 0 Å². The van der Waals surface area contributed by atoms with Crippen LogP contribution in [-0.2, 0) is 4.74 Å². The molecule has 2 aromatic rings. The van der Waals surface area contributed by atoms with Crippen molar-refractivity contribution in [2.45, 2.75) is 6.92 Å². The molecule has 2 N–H and O–H groups in total. The molecule has 2 aliphatic heterocycles. The number of piperazine rings is 1. The Morgan fingerprint density at radius 3 is 2.19 bits per heavy atom. The molecule has 3 heterocycles. The number of nitrogens with two attached hydrogens (primary N) is 1. The highest BCUT2D eigenvalue weighted by Gasteiger charge is 2.20. The van der Waals surface area contributed by atoms with Crippen molar-refractivity contribution in [1.82, 2.24) is 9.88 Å². The van der Waals surface area contributed by atoms with Gasteiger partial charge in [-0.3, -0.25) is 0 Å². The smallest absolute Gasteiger partial charge is 0.131 e. The summed E-state index contributed by atoms with van der Waals surface area (Å²) in [5, 5.41) is 0. The summed E-state index contributed by atoms with van der Waals surface area (Å²) in [6.45, 7) is 9.56. The molecule has 27 heavy (non-hydrogen) atoms. The fourth-order valence-corrected chi connectivity index (χ4v) is 3.76. The Bertz CT molecular complexity index is 795. The molecular formula is C21H29N5O. The average molecular weight is 367 g/mol. The van der Waals surface area contributed by atoms with Crippen LogP contribution in [0.2, 0.25) is 0 Å². The fraction of sp³-hybridized carbons (Fsp3) is 0.476. The van der Waals surface area contributed by atoms with E-state index in [1.807, 2.05) is 6.07 Å². The highest BCUT2D eigenvalue weighted by atomic mass is 16.5. The Labute approximate surface area is 161 Å². The minimum Gasteiger partial charge on any atom is -0.399 e. The van der Waals surface area contributed by atoms with Gasteiger partial charge in [0, 0.05) is 45.0 Å². The second-order valence-corrected chi connectivity index (χ2v) is 7.54. The van der Waals surface area contributed by atoms with Crippen LogP contribution in [0.5, 0.6) is 0 Å². The molecule has 0 amide bonds. The van der Waals surface area contributed by atoms with E-state index in [1.165, 1.54) is 16.7 Å². The number of hydrogen-bond acceptors (Lipinski definition) is 6. The predicted octanol–water partition coefficient (Wildman–Crippen LogP) is 2.23. The Kier molecular flexibility index (Phi) is 5.18. The molecule has 0 aliphatic carbocycles. The lowest BCUT2D eigenvalue weighted by molar-refractivity contribution is 0.122. The summed E-state index contributed by atoms with van der Waals surface area (Å²) in [5.74, 6) is 2.09. The van der Waals surface area contributed by atoms with E-state index in [4.69, 9.17) is 15.5 Å². The van der Waals surface area contributed by atoms with E-state index in [-0.39, 0.29) is 0 Å². The summed E-state index contributed by atoms with van der Waals surface area (Å²) in [7, 11) is 2.18. The van der Waals surface area contributed by atoms with E-state index in [2.05, 4.69) is 52.9 Å². The summed E-state index contributed by atoms with van der Waals surface area (Å²) in [4.78, 5) is 12.1. The van der Waals surface area contributed by atoms with Crippen molar-refractivity contribution < 1.29 is 4.74 Å². The maximum Gasteiger partial charge on any atom is 0.131 e. The third kappa shape index (κ3) is 4.01. The second kappa shape index (κ2) is 7.74. The molecule has 1 aromatic heterocycles. The predicted molar refractivity (Wildman–Crippen MR) is 112 cm³/mol. The number of nitrogens with zero attached hydrogens (tertiary/aromatic N) is 4. The third-order valence-electron chi connectivity index (χ3n) is 5.53. The van der Waals surface area contributed by atoms with Gasteiger partial charge in [-0.1, -0.05) is 6.07 Å². The molecule has 6 nitrogen and oxygen atoms in total. The summed E-state index contributed by atoms with van der Waals surface area (Å²) in [6.07, 6.45) is 0. The molecule has 0 spiro atoms. The van der Waals surface area contributed by atoms with Gasteiger partial charge in [-0.2, -0.15) is 0 Å². The van der Waals surface area contributed by atoms with Crippen LogP contribution in [0.25, 0.3) is 11.1 Å². The van der Waals surface area contributed by atoms with Crippen LogP contribution >= 0.6 is 0 Å². The molecule has 0 unspecified atom stereocenters. The Balaban J connectivity index is 1.75. The Hall–Kier alpha value is -2.31. The van der Waals surface area contributed by atoms with E-state index in [9.17, 15) is 0 Å². The number of aryl methyl sites for hydroxylation is 1. The lowest BCUT2D eigenvalue weighted by atomic mass is 10.00. The Morgan fingerprint density at radius 2 is 1.52 bits per heavy atom. The van der Waals surface area contributed by atoms with Crippen molar-refractivity contribution in [3.63, 3.8) is 0 Å². The fourth-order valence-electron chi connectivity index (χ4n) is 3.76. The second-order valence-electron chi connectivity index (χ2n) is 7.54. The standard InChI is InChI=1S/C21H29N5O/c1-16-3-4-18(22)15-19(16)17-13-20(25-7-5-24(2)6-8-25)23-21(14-17)26-9-11-27-12-10-26/h3-4,13-15H,5-12,22H2,1-2H3. The minimum absolute atomic E-state index is 0.757. The van der Waals surface area contributed by atoms with Gasteiger partial charge in [-0.05, 0) is 54.9 Å². The number of anilines is 3. The van der Waals surface area contributed by atoms with Gasteiger partial charge in [0.05, 0.1) is 13.2 Å². The summed E-state index contributed by atoms with van der Waals surface area (Å²) >= 11 is 0. The van der Waals surface area contributed by atoms with E-state index in [0.717, 1.165) is 69.8 Å². The highest BCUT2D eigenvalue weighted by Crippen LogP contribution is 2.32. The molecule has 6 heteroatoms. The van der Waals surface area contributed by atoms with Crippen molar-refractivity contribution in [2.24, 2.45) is 0 Å².